The van der Waals surface area contributed by atoms with E-state index < -0.39 is 0 Å². The molecule has 0 spiro atoms. The number of nitrogens with zero attached hydrogens (tertiary/aromatic N) is 3. The summed E-state index contributed by atoms with van der Waals surface area (Å²) in [5.41, 5.74) is 7.28. The van der Waals surface area contributed by atoms with Gasteiger partial charge < -0.3 is 15.5 Å². The number of hydrogen-bond acceptors (Lipinski definition) is 5. The molecule has 1 aliphatic rings. The molecule has 0 bridgehead atoms. The second-order valence-electron chi connectivity index (χ2n) is 4.25. The van der Waals surface area contributed by atoms with Gasteiger partial charge in [-0.2, -0.15) is 5.10 Å². The molecule has 1 aromatic heterocycles. The molecule has 0 unspecified atom stereocenters. The van der Waals surface area contributed by atoms with E-state index in [-0.39, 0.29) is 0 Å². The van der Waals surface area contributed by atoms with Gasteiger partial charge in [-0.05, 0) is 18.9 Å². The molecule has 0 aliphatic carbocycles. The summed E-state index contributed by atoms with van der Waals surface area (Å²) in [5, 5.41) is 5.90. The molecular formula is C13H25N5O. The summed E-state index contributed by atoms with van der Waals surface area (Å²) in [4.78, 5) is 0. The molecular weight excluding hydrogens is 242 g/mol. The average Bonchev–Trinajstić information content (AvgIpc) is 2.89. The monoisotopic (exact) mass is 267 g/mol. The maximum Gasteiger partial charge on any atom is 0.109 e. The lowest BCUT2D eigenvalue weighted by atomic mass is 10.1. The molecule has 4 N–H and O–H groups in total. The van der Waals surface area contributed by atoms with Crippen molar-refractivity contribution in [2.75, 3.05) is 13.2 Å². The van der Waals surface area contributed by atoms with Crippen molar-refractivity contribution in [2.45, 2.75) is 32.7 Å². The van der Waals surface area contributed by atoms with Gasteiger partial charge in [-0.1, -0.05) is 13.8 Å². The van der Waals surface area contributed by atoms with Gasteiger partial charge in [0, 0.05) is 38.7 Å². The third-order valence-corrected chi connectivity index (χ3v) is 2.91. The van der Waals surface area contributed by atoms with Gasteiger partial charge in [0.25, 0.3) is 0 Å². The Balaban J connectivity index is 0.000000861. The maximum atomic E-state index is 5.98. The molecule has 0 radical (unpaired) electrons. The first kappa shape index (κ1) is 15.5. The van der Waals surface area contributed by atoms with Crippen LogP contribution in [-0.4, -0.2) is 34.0 Å². The zero-order valence-electron chi connectivity index (χ0n) is 12.0. The molecule has 1 saturated heterocycles. The lowest BCUT2D eigenvalue weighted by Gasteiger charge is -2.29. The van der Waals surface area contributed by atoms with E-state index in [0.717, 1.165) is 31.7 Å². The minimum absolute atomic E-state index is 0.297. The summed E-state index contributed by atoms with van der Waals surface area (Å²) in [5.74, 6) is 5.98. The minimum atomic E-state index is 0.297. The predicted molar refractivity (Wildman–Crippen MR) is 76.6 cm³/mol. The minimum Gasteiger partial charge on any atom is -0.396 e. The molecule has 1 aromatic rings. The van der Waals surface area contributed by atoms with Crippen LogP contribution >= 0.6 is 0 Å². The number of rotatable bonds is 3. The lowest BCUT2D eigenvalue weighted by molar-refractivity contribution is 0.0495. The van der Waals surface area contributed by atoms with Crippen molar-refractivity contribution in [3.05, 3.63) is 24.2 Å². The predicted octanol–water partition coefficient (Wildman–Crippen LogP) is 1.06. The summed E-state index contributed by atoms with van der Waals surface area (Å²) in [6.07, 6.45) is 5.47. The van der Waals surface area contributed by atoms with Crippen molar-refractivity contribution < 1.29 is 4.74 Å². The van der Waals surface area contributed by atoms with Gasteiger partial charge >= 0.3 is 0 Å². The highest BCUT2D eigenvalue weighted by Gasteiger charge is 2.17. The summed E-state index contributed by atoms with van der Waals surface area (Å²) in [6.45, 7) is 5.52. The van der Waals surface area contributed by atoms with Gasteiger partial charge in [0.1, 0.15) is 5.69 Å². The van der Waals surface area contributed by atoms with Crippen LogP contribution in [0, 0.1) is 0 Å². The zero-order chi connectivity index (χ0) is 14.3. The Morgan fingerprint density at radius 3 is 2.63 bits per heavy atom. The average molecular weight is 267 g/mol. The van der Waals surface area contributed by atoms with Crippen LogP contribution in [0.15, 0.2) is 18.5 Å². The highest BCUT2D eigenvalue weighted by Crippen LogP contribution is 2.13. The van der Waals surface area contributed by atoms with Crippen LogP contribution in [-0.2, 0) is 11.8 Å². The quantitative estimate of drug-likeness (QED) is 0.632. The highest BCUT2D eigenvalue weighted by molar-refractivity contribution is 5.58. The molecule has 0 aromatic carbocycles. The first-order valence-electron chi connectivity index (χ1n) is 6.75. The van der Waals surface area contributed by atoms with E-state index in [2.05, 4.69) is 5.10 Å². The Hall–Kier alpha value is -1.53. The Morgan fingerprint density at radius 1 is 1.47 bits per heavy atom. The number of hydrogen-bond donors (Lipinski definition) is 2. The van der Waals surface area contributed by atoms with E-state index in [0.29, 0.717) is 11.7 Å². The Labute approximate surface area is 115 Å². The molecule has 0 saturated carbocycles. The van der Waals surface area contributed by atoms with E-state index in [1.54, 1.807) is 15.9 Å². The summed E-state index contributed by atoms with van der Waals surface area (Å²) in [6, 6.07) is 2.16. The fourth-order valence-corrected chi connectivity index (χ4v) is 1.88. The van der Waals surface area contributed by atoms with Crippen LogP contribution in [0.4, 0.5) is 0 Å². The van der Waals surface area contributed by atoms with Gasteiger partial charge in [-0.25, -0.2) is 5.84 Å². The topological polar surface area (TPSA) is 82.3 Å². The van der Waals surface area contributed by atoms with Crippen molar-refractivity contribution in [1.82, 2.24) is 14.8 Å². The van der Waals surface area contributed by atoms with Crippen molar-refractivity contribution in [3.63, 3.8) is 0 Å². The van der Waals surface area contributed by atoms with Crippen molar-refractivity contribution in [1.29, 1.82) is 0 Å². The molecule has 6 heteroatoms. The van der Waals surface area contributed by atoms with Gasteiger partial charge in [0.05, 0.1) is 5.70 Å². The van der Waals surface area contributed by atoms with Crippen LogP contribution in [0.25, 0.3) is 5.70 Å². The van der Waals surface area contributed by atoms with Crippen LogP contribution in [0.2, 0.25) is 0 Å². The van der Waals surface area contributed by atoms with Gasteiger partial charge in [0.2, 0.25) is 0 Å². The van der Waals surface area contributed by atoms with E-state index in [1.165, 1.54) is 0 Å². The van der Waals surface area contributed by atoms with Crippen molar-refractivity contribution in [2.24, 2.45) is 18.6 Å². The summed E-state index contributed by atoms with van der Waals surface area (Å²) in [7, 11) is 1.86. The summed E-state index contributed by atoms with van der Waals surface area (Å²) < 4.78 is 7.01. The Bertz CT molecular complexity index is 395. The molecule has 2 rings (SSSR count). The van der Waals surface area contributed by atoms with Crippen molar-refractivity contribution >= 4 is 5.70 Å². The second-order valence-corrected chi connectivity index (χ2v) is 4.25. The van der Waals surface area contributed by atoms with Crippen LogP contribution in [0.1, 0.15) is 32.4 Å². The Morgan fingerprint density at radius 2 is 2.11 bits per heavy atom. The molecule has 108 valence electrons. The van der Waals surface area contributed by atoms with E-state index in [1.807, 2.05) is 33.2 Å². The number of hydrazine groups is 1. The van der Waals surface area contributed by atoms with Crippen LogP contribution in [0.3, 0.4) is 0 Å². The van der Waals surface area contributed by atoms with E-state index in [4.69, 9.17) is 16.3 Å². The SMILES string of the molecule is CC.Cn1ccc(/C(N)=C/N(N)C2CCOCC2)n1. The van der Waals surface area contributed by atoms with Crippen LogP contribution < -0.4 is 11.6 Å². The normalized spacial score (nSPS) is 16.7. The Kier molecular flexibility index (Phi) is 6.38. The fraction of sp³-hybridized carbons (Fsp3) is 0.615. The lowest BCUT2D eigenvalue weighted by Crippen LogP contribution is -2.40. The first-order chi connectivity index (χ1) is 9.16. The molecule has 0 atom stereocenters. The molecule has 0 amide bonds. The standard InChI is InChI=1S/C11H19N5O.C2H6/c1-15-5-2-11(14-15)10(12)8-16(13)9-3-6-17-7-4-9;1-2/h2,5,8-9H,3-4,6-7,12-13H2,1H3;1-2H3/b10-8-;. The van der Waals surface area contributed by atoms with E-state index in [9.17, 15) is 0 Å². The molecule has 1 aliphatic heterocycles. The molecule has 19 heavy (non-hydrogen) atoms. The third-order valence-electron chi connectivity index (χ3n) is 2.91. The van der Waals surface area contributed by atoms with Crippen LogP contribution in [0.5, 0.6) is 0 Å². The van der Waals surface area contributed by atoms with Gasteiger partial charge in [0.15, 0.2) is 0 Å². The highest BCUT2D eigenvalue weighted by atomic mass is 16.5. The number of aromatic nitrogens is 2. The molecule has 6 nitrogen and oxygen atoms in total. The largest absolute Gasteiger partial charge is 0.396 e. The third kappa shape index (κ3) is 4.57. The van der Waals surface area contributed by atoms with Crippen molar-refractivity contribution in [3.8, 4) is 0 Å². The maximum absolute atomic E-state index is 5.98. The first-order valence-corrected chi connectivity index (χ1v) is 6.75. The number of nitrogens with two attached hydrogens (primary N) is 2. The molecule has 1 fully saturated rings. The number of ether oxygens (including phenoxy) is 1. The van der Waals surface area contributed by atoms with Gasteiger partial charge in [-0.15, -0.1) is 0 Å². The van der Waals surface area contributed by atoms with Gasteiger partial charge in [-0.3, -0.25) is 4.68 Å². The van der Waals surface area contributed by atoms with E-state index >= 15 is 0 Å². The zero-order valence-corrected chi connectivity index (χ0v) is 12.0. The fourth-order valence-electron chi connectivity index (χ4n) is 1.88. The summed E-state index contributed by atoms with van der Waals surface area (Å²) >= 11 is 0. The molecule has 2 heterocycles. The second kappa shape index (κ2) is 7.81. The smallest absolute Gasteiger partial charge is 0.109 e. The number of aryl methyl sites for hydroxylation is 1.